The van der Waals surface area contributed by atoms with E-state index in [2.05, 4.69) is 6.58 Å². The Morgan fingerprint density at radius 2 is 1.76 bits per heavy atom. The van der Waals surface area contributed by atoms with Crippen LogP contribution >= 0.6 is 0 Å². The summed E-state index contributed by atoms with van der Waals surface area (Å²) in [5, 5.41) is -0.216. The largest absolute Gasteiger partial charge is 0.223 e. The molecule has 2 rings (SSSR count). The van der Waals surface area contributed by atoms with E-state index in [9.17, 15) is 8.42 Å². The molecule has 1 saturated carbocycles. The summed E-state index contributed by atoms with van der Waals surface area (Å²) in [7, 11) is -3.13. The summed E-state index contributed by atoms with van der Waals surface area (Å²) in [6.07, 6.45) is 1.46. The molecule has 92 valence electrons. The van der Waals surface area contributed by atoms with Crippen LogP contribution in [-0.4, -0.2) is 13.7 Å². The normalized spacial score (nSPS) is 24.1. The Morgan fingerprint density at radius 1 is 1.24 bits per heavy atom. The zero-order valence-corrected chi connectivity index (χ0v) is 11.1. The van der Waals surface area contributed by atoms with Gasteiger partial charge in [-0.15, -0.1) is 0 Å². The maximum absolute atomic E-state index is 12.3. The van der Waals surface area contributed by atoms with E-state index in [1.165, 1.54) is 0 Å². The van der Waals surface area contributed by atoms with Crippen molar-refractivity contribution in [1.29, 1.82) is 0 Å². The summed E-state index contributed by atoms with van der Waals surface area (Å²) in [5.74, 6) is 0.389. The zero-order chi connectivity index (χ0) is 12.6. The first-order valence-corrected chi connectivity index (χ1v) is 7.42. The Kier molecular flexibility index (Phi) is 3.13. The number of hydrogen-bond acceptors (Lipinski definition) is 2. The van der Waals surface area contributed by atoms with E-state index in [4.69, 9.17) is 0 Å². The predicted molar refractivity (Wildman–Crippen MR) is 69.7 cm³/mol. The highest BCUT2D eigenvalue weighted by Gasteiger charge is 2.39. The van der Waals surface area contributed by atoms with Gasteiger partial charge in [-0.05, 0) is 44.7 Å². The van der Waals surface area contributed by atoms with Crippen LogP contribution in [0.4, 0.5) is 0 Å². The van der Waals surface area contributed by atoms with E-state index >= 15 is 0 Å². The van der Waals surface area contributed by atoms with Crippen molar-refractivity contribution in [3.63, 3.8) is 0 Å². The number of benzene rings is 1. The fourth-order valence-electron chi connectivity index (χ4n) is 2.14. The van der Waals surface area contributed by atoms with Gasteiger partial charge in [-0.3, -0.25) is 0 Å². The molecular weight excluding hydrogens is 232 g/mol. The monoisotopic (exact) mass is 250 g/mol. The Balaban J connectivity index is 2.16. The molecule has 1 fully saturated rings. The van der Waals surface area contributed by atoms with E-state index in [1.807, 2.05) is 26.0 Å². The molecule has 0 aliphatic heterocycles. The smallest absolute Gasteiger partial charge is 0.181 e. The predicted octanol–water partition coefficient (Wildman–Crippen LogP) is 3.12. The number of allylic oxidation sites excluding steroid dienone is 1. The van der Waals surface area contributed by atoms with Crippen molar-refractivity contribution in [2.45, 2.75) is 36.8 Å². The van der Waals surface area contributed by atoms with Crippen LogP contribution < -0.4 is 0 Å². The molecule has 0 bridgehead atoms. The van der Waals surface area contributed by atoms with Crippen LogP contribution in [0.3, 0.4) is 0 Å². The van der Waals surface area contributed by atoms with Crippen molar-refractivity contribution in [2.24, 2.45) is 5.92 Å². The van der Waals surface area contributed by atoms with Crippen molar-refractivity contribution < 1.29 is 8.42 Å². The number of rotatable bonds is 3. The van der Waals surface area contributed by atoms with E-state index < -0.39 is 9.84 Å². The maximum Gasteiger partial charge on any atom is 0.181 e. The molecule has 0 atom stereocenters. The minimum Gasteiger partial charge on any atom is -0.223 e. The Morgan fingerprint density at radius 3 is 2.24 bits per heavy atom. The topological polar surface area (TPSA) is 34.1 Å². The van der Waals surface area contributed by atoms with E-state index in [0.717, 1.165) is 24.0 Å². The first kappa shape index (κ1) is 12.4. The average Bonchev–Trinajstić information content (AvgIpc) is 2.14. The quantitative estimate of drug-likeness (QED) is 0.772. The molecule has 2 nitrogen and oxygen atoms in total. The van der Waals surface area contributed by atoms with Gasteiger partial charge >= 0.3 is 0 Å². The zero-order valence-electron chi connectivity index (χ0n) is 10.3. The lowest BCUT2D eigenvalue weighted by molar-refractivity contribution is 0.365. The van der Waals surface area contributed by atoms with Crippen molar-refractivity contribution in [2.75, 3.05) is 0 Å². The van der Waals surface area contributed by atoms with Gasteiger partial charge in [0, 0.05) is 0 Å². The van der Waals surface area contributed by atoms with E-state index in [0.29, 0.717) is 10.8 Å². The Bertz CT molecular complexity index is 520. The molecule has 1 aromatic rings. The minimum atomic E-state index is -3.13. The summed E-state index contributed by atoms with van der Waals surface area (Å²) in [5.41, 5.74) is 2.18. The molecule has 1 aromatic carbocycles. The molecule has 0 spiro atoms. The second-order valence-corrected chi connectivity index (χ2v) is 7.22. The van der Waals surface area contributed by atoms with Crippen LogP contribution in [0.1, 0.15) is 25.3 Å². The lowest BCUT2D eigenvalue weighted by Crippen LogP contribution is -2.36. The van der Waals surface area contributed by atoms with Gasteiger partial charge in [-0.25, -0.2) is 8.42 Å². The summed E-state index contributed by atoms with van der Waals surface area (Å²) in [4.78, 5) is 0.452. The standard InChI is InChI=1S/C14H18O2S/c1-10(2)12-8-14(9-12)17(15,16)13-6-4-11(3)5-7-13/h4-7,12,14H,1,8-9H2,2-3H3. The molecule has 0 unspecified atom stereocenters. The van der Waals surface area contributed by atoms with Gasteiger partial charge in [0.05, 0.1) is 10.1 Å². The molecular formula is C14H18O2S. The Hall–Kier alpha value is -1.09. The van der Waals surface area contributed by atoms with Crippen LogP contribution in [-0.2, 0) is 9.84 Å². The molecule has 1 aliphatic carbocycles. The van der Waals surface area contributed by atoms with Crippen LogP contribution in [0.2, 0.25) is 0 Å². The van der Waals surface area contributed by atoms with Gasteiger partial charge in [0.15, 0.2) is 9.84 Å². The van der Waals surface area contributed by atoms with Crippen molar-refractivity contribution >= 4 is 9.84 Å². The van der Waals surface area contributed by atoms with Gasteiger partial charge in [0.1, 0.15) is 0 Å². The van der Waals surface area contributed by atoms with Crippen LogP contribution in [0.5, 0.6) is 0 Å². The van der Waals surface area contributed by atoms with Crippen LogP contribution in [0, 0.1) is 12.8 Å². The molecule has 0 N–H and O–H groups in total. The average molecular weight is 250 g/mol. The summed E-state index contributed by atoms with van der Waals surface area (Å²) >= 11 is 0. The van der Waals surface area contributed by atoms with Gasteiger partial charge in [0.2, 0.25) is 0 Å². The number of aryl methyl sites for hydroxylation is 1. The van der Waals surface area contributed by atoms with Gasteiger partial charge in [-0.2, -0.15) is 0 Å². The molecule has 0 amide bonds. The first-order valence-electron chi connectivity index (χ1n) is 5.87. The second kappa shape index (κ2) is 4.30. The third kappa shape index (κ3) is 2.29. The van der Waals surface area contributed by atoms with Gasteiger partial charge < -0.3 is 0 Å². The third-order valence-electron chi connectivity index (χ3n) is 3.58. The first-order chi connectivity index (χ1) is 7.91. The molecule has 17 heavy (non-hydrogen) atoms. The van der Waals surface area contributed by atoms with Gasteiger partial charge in [0.25, 0.3) is 0 Å². The fourth-order valence-corrected chi connectivity index (χ4v) is 4.01. The molecule has 0 saturated heterocycles. The summed E-state index contributed by atoms with van der Waals surface area (Å²) < 4.78 is 24.5. The molecule has 3 heteroatoms. The maximum atomic E-state index is 12.3. The lowest BCUT2D eigenvalue weighted by atomic mass is 9.80. The Labute approximate surface area is 103 Å². The lowest BCUT2D eigenvalue weighted by Gasteiger charge is -2.35. The SMILES string of the molecule is C=C(C)C1CC(S(=O)(=O)c2ccc(C)cc2)C1. The highest BCUT2D eigenvalue weighted by atomic mass is 32.2. The van der Waals surface area contributed by atoms with Crippen molar-refractivity contribution in [3.8, 4) is 0 Å². The number of sulfone groups is 1. The van der Waals surface area contributed by atoms with E-state index in [1.54, 1.807) is 12.1 Å². The van der Waals surface area contributed by atoms with Crippen molar-refractivity contribution in [1.82, 2.24) is 0 Å². The van der Waals surface area contributed by atoms with Crippen LogP contribution in [0.25, 0.3) is 0 Å². The van der Waals surface area contributed by atoms with Crippen LogP contribution in [0.15, 0.2) is 41.3 Å². The van der Waals surface area contributed by atoms with Crippen molar-refractivity contribution in [3.05, 3.63) is 42.0 Å². The molecule has 0 aromatic heterocycles. The summed E-state index contributed by atoms with van der Waals surface area (Å²) in [6, 6.07) is 7.11. The molecule has 0 radical (unpaired) electrons. The summed E-state index contributed by atoms with van der Waals surface area (Å²) in [6.45, 7) is 7.81. The minimum absolute atomic E-state index is 0.216. The van der Waals surface area contributed by atoms with E-state index in [-0.39, 0.29) is 5.25 Å². The fraction of sp³-hybridized carbons (Fsp3) is 0.429. The molecule has 1 aliphatic rings. The highest BCUT2D eigenvalue weighted by Crippen LogP contribution is 2.39. The second-order valence-electron chi connectivity index (χ2n) is 4.99. The third-order valence-corrected chi connectivity index (χ3v) is 5.77. The number of hydrogen-bond donors (Lipinski definition) is 0. The van der Waals surface area contributed by atoms with Gasteiger partial charge in [-0.1, -0.05) is 29.8 Å². The highest BCUT2D eigenvalue weighted by molar-refractivity contribution is 7.92. The molecule has 0 heterocycles.